The third-order valence-electron chi connectivity index (χ3n) is 3.97. The van der Waals surface area contributed by atoms with Gasteiger partial charge in [-0.05, 0) is 50.2 Å². The molecule has 0 fully saturated rings. The molecule has 3 rings (SSSR count). The molecule has 4 N–H and O–H groups in total. The highest BCUT2D eigenvalue weighted by Crippen LogP contribution is 2.33. The van der Waals surface area contributed by atoms with Gasteiger partial charge in [-0.15, -0.1) is 0 Å². The normalized spacial score (nSPS) is 14.8. The summed E-state index contributed by atoms with van der Waals surface area (Å²) in [5.74, 6) is -1.45. The second-order valence-electron chi connectivity index (χ2n) is 6.53. The number of fused-ring (bicyclic) bond motifs is 1. The zero-order valence-electron chi connectivity index (χ0n) is 15.2. The smallest absolute Gasteiger partial charge is 0.335 e. The lowest BCUT2D eigenvalue weighted by molar-refractivity contribution is -0.110. The Labute approximate surface area is 162 Å². The van der Waals surface area contributed by atoms with Gasteiger partial charge in [0.15, 0.2) is 0 Å². The fourth-order valence-electron chi connectivity index (χ4n) is 2.75. The first-order chi connectivity index (χ1) is 13.2. The van der Waals surface area contributed by atoms with Crippen molar-refractivity contribution in [2.75, 3.05) is 10.6 Å². The maximum absolute atomic E-state index is 12.4. The molecule has 0 unspecified atom stereocenters. The van der Waals surface area contributed by atoms with Gasteiger partial charge in [0.2, 0.25) is 10.0 Å². The predicted molar refractivity (Wildman–Crippen MR) is 106 cm³/mol. The van der Waals surface area contributed by atoms with E-state index >= 15 is 0 Å². The van der Waals surface area contributed by atoms with E-state index < -0.39 is 16.0 Å². The molecule has 9 heteroatoms. The number of amides is 1. The minimum absolute atomic E-state index is 0.0511. The molecule has 0 radical (unpaired) electrons. The van der Waals surface area contributed by atoms with Crippen molar-refractivity contribution >= 4 is 38.8 Å². The van der Waals surface area contributed by atoms with E-state index in [1.54, 1.807) is 26.0 Å². The highest BCUT2D eigenvalue weighted by molar-refractivity contribution is 7.89. The van der Waals surface area contributed by atoms with E-state index in [1.165, 1.54) is 36.5 Å². The van der Waals surface area contributed by atoms with Crippen molar-refractivity contribution in [1.82, 2.24) is 4.72 Å². The van der Waals surface area contributed by atoms with Gasteiger partial charge in [0.1, 0.15) is 0 Å². The summed E-state index contributed by atoms with van der Waals surface area (Å²) in [6.45, 7) is 3.44. The standard InChI is InChI=1S/C19H19N3O5S/c1-11(2)22-28(26,27)14-6-7-17-15(9-14)16(18(23)21-17)10-20-13-5-3-4-12(8-13)19(24)25/h3-11,20,22H,1-2H3,(H,21,23)(H,24,25)/b16-10-. The number of carbonyl (C=O) groups excluding carboxylic acids is 1. The monoisotopic (exact) mass is 401 g/mol. The zero-order chi connectivity index (χ0) is 20.5. The van der Waals surface area contributed by atoms with Gasteiger partial charge in [-0.1, -0.05) is 6.07 Å². The lowest BCUT2D eigenvalue weighted by Gasteiger charge is -2.10. The van der Waals surface area contributed by atoms with Crippen LogP contribution in [0.3, 0.4) is 0 Å². The Kier molecular flexibility index (Phi) is 5.21. The predicted octanol–water partition coefficient (Wildman–Crippen LogP) is 2.48. The van der Waals surface area contributed by atoms with Gasteiger partial charge in [0.25, 0.3) is 5.91 Å². The molecule has 2 aromatic carbocycles. The third kappa shape index (κ3) is 4.05. The maximum atomic E-state index is 12.4. The van der Waals surface area contributed by atoms with Gasteiger partial charge in [-0.2, -0.15) is 0 Å². The average molecular weight is 401 g/mol. The first-order valence-electron chi connectivity index (χ1n) is 8.45. The number of benzene rings is 2. The van der Waals surface area contributed by atoms with Gasteiger partial charge in [-0.3, -0.25) is 4.79 Å². The summed E-state index contributed by atoms with van der Waals surface area (Å²) < 4.78 is 27.3. The highest BCUT2D eigenvalue weighted by Gasteiger charge is 2.27. The Balaban J connectivity index is 1.94. The van der Waals surface area contributed by atoms with Crippen molar-refractivity contribution < 1.29 is 23.1 Å². The third-order valence-corrected chi connectivity index (χ3v) is 5.62. The first kappa shape index (κ1) is 19.6. The highest BCUT2D eigenvalue weighted by atomic mass is 32.2. The molecule has 0 saturated carbocycles. The minimum Gasteiger partial charge on any atom is -0.478 e. The molecule has 0 spiro atoms. The minimum atomic E-state index is -3.71. The molecule has 1 amide bonds. The maximum Gasteiger partial charge on any atom is 0.335 e. The van der Waals surface area contributed by atoms with Crippen molar-refractivity contribution in [1.29, 1.82) is 0 Å². The number of hydrogen-bond donors (Lipinski definition) is 4. The summed E-state index contributed by atoms with van der Waals surface area (Å²) in [6, 6.07) is 10.2. The largest absolute Gasteiger partial charge is 0.478 e. The second kappa shape index (κ2) is 7.45. The molecule has 28 heavy (non-hydrogen) atoms. The SMILES string of the molecule is CC(C)NS(=O)(=O)c1ccc2c(c1)/C(=C/Nc1cccc(C(=O)O)c1)C(=O)N2. The van der Waals surface area contributed by atoms with E-state index in [2.05, 4.69) is 15.4 Å². The number of nitrogens with one attached hydrogen (secondary N) is 3. The Morgan fingerprint density at radius 1 is 1.18 bits per heavy atom. The van der Waals surface area contributed by atoms with Crippen LogP contribution < -0.4 is 15.4 Å². The van der Waals surface area contributed by atoms with Gasteiger partial charge in [0.05, 0.1) is 16.0 Å². The summed E-state index contributed by atoms with van der Waals surface area (Å²) in [5, 5.41) is 14.6. The summed E-state index contributed by atoms with van der Waals surface area (Å²) in [5.41, 5.74) is 1.78. The summed E-state index contributed by atoms with van der Waals surface area (Å²) in [6.07, 6.45) is 1.43. The van der Waals surface area contributed by atoms with Gasteiger partial charge >= 0.3 is 5.97 Å². The fraction of sp³-hybridized carbons (Fsp3) is 0.158. The Morgan fingerprint density at radius 3 is 2.61 bits per heavy atom. The van der Waals surface area contributed by atoms with Crippen LogP contribution in [0.2, 0.25) is 0 Å². The van der Waals surface area contributed by atoms with Gasteiger partial charge in [0, 0.05) is 29.2 Å². The zero-order valence-corrected chi connectivity index (χ0v) is 16.0. The molecule has 8 nitrogen and oxygen atoms in total. The molecule has 0 aliphatic carbocycles. The molecule has 0 atom stereocenters. The number of hydrogen-bond acceptors (Lipinski definition) is 5. The Hall–Kier alpha value is -3.17. The van der Waals surface area contributed by atoms with Crippen LogP contribution in [0, 0.1) is 0 Å². The lowest BCUT2D eigenvalue weighted by atomic mass is 10.1. The molecule has 0 saturated heterocycles. The molecule has 146 valence electrons. The van der Waals surface area contributed by atoms with Crippen molar-refractivity contribution in [2.45, 2.75) is 24.8 Å². The van der Waals surface area contributed by atoms with Crippen LogP contribution in [0.4, 0.5) is 11.4 Å². The number of carboxylic acid groups (broad SMARTS) is 1. The van der Waals surface area contributed by atoms with Gasteiger partial charge < -0.3 is 15.7 Å². The molecule has 1 heterocycles. The van der Waals surface area contributed by atoms with E-state index in [1.807, 2.05) is 0 Å². The Morgan fingerprint density at radius 2 is 1.93 bits per heavy atom. The van der Waals surface area contributed by atoms with E-state index in [0.29, 0.717) is 16.9 Å². The molecular weight excluding hydrogens is 382 g/mol. The number of sulfonamides is 1. The van der Waals surface area contributed by atoms with Crippen LogP contribution in [0.5, 0.6) is 0 Å². The molecule has 0 aromatic heterocycles. The Bertz CT molecular complexity index is 1090. The second-order valence-corrected chi connectivity index (χ2v) is 8.24. The molecule has 1 aliphatic heterocycles. The first-order valence-corrected chi connectivity index (χ1v) is 9.94. The summed E-state index contributed by atoms with van der Waals surface area (Å²) in [7, 11) is -3.71. The average Bonchev–Trinajstić information content (AvgIpc) is 2.93. The molecular formula is C19H19N3O5S. The van der Waals surface area contributed by atoms with Crippen molar-refractivity contribution in [3.05, 3.63) is 59.8 Å². The van der Waals surface area contributed by atoms with Crippen LogP contribution in [-0.4, -0.2) is 31.4 Å². The molecule has 0 bridgehead atoms. The van der Waals surface area contributed by atoms with Crippen LogP contribution in [-0.2, 0) is 14.8 Å². The van der Waals surface area contributed by atoms with E-state index in [-0.39, 0.29) is 28.0 Å². The molecule has 1 aliphatic rings. The van der Waals surface area contributed by atoms with Gasteiger partial charge in [-0.25, -0.2) is 17.9 Å². The topological polar surface area (TPSA) is 125 Å². The van der Waals surface area contributed by atoms with E-state index in [0.717, 1.165) is 0 Å². The van der Waals surface area contributed by atoms with Crippen molar-refractivity contribution in [3.63, 3.8) is 0 Å². The van der Waals surface area contributed by atoms with E-state index in [9.17, 15) is 18.0 Å². The number of aromatic carboxylic acids is 1. The number of anilines is 2. The summed E-state index contributed by atoms with van der Waals surface area (Å²) >= 11 is 0. The molecule has 2 aromatic rings. The number of rotatable bonds is 6. The van der Waals surface area contributed by atoms with Crippen LogP contribution in [0.25, 0.3) is 5.57 Å². The van der Waals surface area contributed by atoms with Crippen LogP contribution >= 0.6 is 0 Å². The van der Waals surface area contributed by atoms with Crippen LogP contribution in [0.1, 0.15) is 29.8 Å². The quantitative estimate of drug-likeness (QED) is 0.551. The lowest BCUT2D eigenvalue weighted by Crippen LogP contribution is -2.30. The fourth-order valence-corrected chi connectivity index (χ4v) is 4.03. The number of carboxylic acids is 1. The number of carbonyl (C=O) groups is 2. The van der Waals surface area contributed by atoms with Crippen molar-refractivity contribution in [2.24, 2.45) is 0 Å². The van der Waals surface area contributed by atoms with Crippen LogP contribution in [0.15, 0.2) is 53.6 Å². The van der Waals surface area contributed by atoms with Crippen molar-refractivity contribution in [3.8, 4) is 0 Å². The summed E-state index contributed by atoms with van der Waals surface area (Å²) in [4.78, 5) is 23.4. The van der Waals surface area contributed by atoms with E-state index in [4.69, 9.17) is 5.11 Å².